The highest BCUT2D eigenvalue weighted by atomic mass is 16.5. The number of rotatable bonds is 6. The summed E-state index contributed by atoms with van der Waals surface area (Å²) in [5.74, 6) is 0.659. The molecule has 1 saturated carbocycles. The smallest absolute Gasteiger partial charge is 0.319 e. The van der Waals surface area contributed by atoms with Crippen LogP contribution < -0.4 is 15.4 Å². The van der Waals surface area contributed by atoms with Gasteiger partial charge in [0.15, 0.2) is 0 Å². The van der Waals surface area contributed by atoms with E-state index in [-0.39, 0.29) is 12.6 Å². The highest BCUT2D eigenvalue weighted by Crippen LogP contribution is 2.30. The van der Waals surface area contributed by atoms with Crippen LogP contribution in [0, 0.1) is 0 Å². The fourth-order valence-electron chi connectivity index (χ4n) is 2.08. The third-order valence-corrected chi connectivity index (χ3v) is 3.46. The van der Waals surface area contributed by atoms with Gasteiger partial charge < -0.3 is 20.5 Å². The van der Waals surface area contributed by atoms with Crippen LogP contribution in [0.5, 0.6) is 5.75 Å². The lowest BCUT2D eigenvalue weighted by molar-refractivity contribution is -0.0287. The topological polar surface area (TPSA) is 70.6 Å². The van der Waals surface area contributed by atoms with Crippen molar-refractivity contribution in [2.75, 3.05) is 18.5 Å². The molecule has 5 heteroatoms. The van der Waals surface area contributed by atoms with Gasteiger partial charge in [0.05, 0.1) is 17.9 Å². The van der Waals surface area contributed by atoms with Crippen molar-refractivity contribution in [1.29, 1.82) is 0 Å². The minimum Gasteiger partial charge on any atom is -0.491 e. The molecule has 0 atom stereocenters. The number of para-hydroxylation sites is 2. The van der Waals surface area contributed by atoms with Crippen molar-refractivity contribution in [3.05, 3.63) is 24.3 Å². The summed E-state index contributed by atoms with van der Waals surface area (Å²) in [4.78, 5) is 11.8. The number of anilines is 1. The molecule has 0 heterocycles. The van der Waals surface area contributed by atoms with Crippen LogP contribution in [-0.2, 0) is 0 Å². The highest BCUT2D eigenvalue weighted by molar-refractivity contribution is 5.90. The first-order chi connectivity index (χ1) is 9.63. The Hall–Kier alpha value is -1.75. The van der Waals surface area contributed by atoms with Crippen molar-refractivity contribution in [3.8, 4) is 5.75 Å². The largest absolute Gasteiger partial charge is 0.491 e. The van der Waals surface area contributed by atoms with E-state index in [2.05, 4.69) is 10.6 Å². The van der Waals surface area contributed by atoms with Crippen molar-refractivity contribution >= 4 is 11.7 Å². The predicted octanol–water partition coefficient (Wildman–Crippen LogP) is 2.51. The summed E-state index contributed by atoms with van der Waals surface area (Å²) < 4.78 is 5.57. The summed E-state index contributed by atoms with van der Waals surface area (Å²) in [6.45, 7) is 2.93. The van der Waals surface area contributed by atoms with Gasteiger partial charge in [-0.1, -0.05) is 19.1 Å². The second-order valence-corrected chi connectivity index (χ2v) is 5.23. The SMILES string of the molecule is CCCOc1ccccc1NC(=O)NCC1(O)CCC1. The molecule has 20 heavy (non-hydrogen) atoms. The van der Waals surface area contributed by atoms with Crippen molar-refractivity contribution < 1.29 is 14.6 Å². The maximum atomic E-state index is 11.8. The van der Waals surface area contributed by atoms with Gasteiger partial charge in [-0.15, -0.1) is 0 Å². The van der Waals surface area contributed by atoms with Gasteiger partial charge in [0.1, 0.15) is 5.75 Å². The molecule has 0 aliphatic heterocycles. The average molecular weight is 278 g/mol. The van der Waals surface area contributed by atoms with Crippen LogP contribution in [0.3, 0.4) is 0 Å². The summed E-state index contributed by atoms with van der Waals surface area (Å²) in [5, 5.41) is 15.4. The van der Waals surface area contributed by atoms with E-state index in [0.29, 0.717) is 18.0 Å². The maximum absolute atomic E-state index is 11.8. The number of aliphatic hydroxyl groups is 1. The molecule has 110 valence electrons. The van der Waals surface area contributed by atoms with Gasteiger partial charge in [-0.05, 0) is 37.8 Å². The molecule has 0 bridgehead atoms. The quantitative estimate of drug-likeness (QED) is 0.748. The molecule has 1 fully saturated rings. The third-order valence-electron chi connectivity index (χ3n) is 3.46. The Morgan fingerprint density at radius 1 is 1.40 bits per heavy atom. The number of urea groups is 1. The van der Waals surface area contributed by atoms with Gasteiger partial charge in [0.25, 0.3) is 0 Å². The summed E-state index contributed by atoms with van der Waals surface area (Å²) in [7, 11) is 0. The number of hydrogen-bond donors (Lipinski definition) is 3. The lowest BCUT2D eigenvalue weighted by atomic mass is 9.80. The molecular formula is C15H22N2O3. The average Bonchev–Trinajstić information content (AvgIpc) is 2.42. The summed E-state index contributed by atoms with van der Waals surface area (Å²) in [5.41, 5.74) is -0.0747. The first-order valence-corrected chi connectivity index (χ1v) is 7.12. The number of ether oxygens (including phenoxy) is 1. The second kappa shape index (κ2) is 6.61. The van der Waals surface area contributed by atoms with Crippen LogP contribution in [0.15, 0.2) is 24.3 Å². The fourth-order valence-corrected chi connectivity index (χ4v) is 2.08. The molecule has 1 aromatic carbocycles. The fraction of sp³-hybridized carbons (Fsp3) is 0.533. The van der Waals surface area contributed by atoms with E-state index in [1.54, 1.807) is 6.07 Å². The molecule has 2 amide bonds. The predicted molar refractivity (Wildman–Crippen MR) is 78.1 cm³/mol. The number of amides is 2. The first-order valence-electron chi connectivity index (χ1n) is 7.12. The van der Waals surface area contributed by atoms with Gasteiger partial charge in [-0.3, -0.25) is 0 Å². The van der Waals surface area contributed by atoms with Crippen molar-refractivity contribution in [2.24, 2.45) is 0 Å². The number of carbonyl (C=O) groups excluding carboxylic acids is 1. The lowest BCUT2D eigenvalue weighted by Gasteiger charge is -2.36. The molecule has 5 nitrogen and oxygen atoms in total. The van der Waals surface area contributed by atoms with E-state index < -0.39 is 5.60 Å². The third kappa shape index (κ3) is 3.87. The molecule has 0 unspecified atom stereocenters. The van der Waals surface area contributed by atoms with E-state index in [4.69, 9.17) is 4.74 Å². The van der Waals surface area contributed by atoms with Crippen molar-refractivity contribution in [2.45, 2.75) is 38.2 Å². The number of nitrogens with one attached hydrogen (secondary N) is 2. The molecule has 1 aliphatic carbocycles. The van der Waals surface area contributed by atoms with Gasteiger partial charge in [-0.25, -0.2) is 4.79 Å². The summed E-state index contributed by atoms with van der Waals surface area (Å²) in [6.07, 6.45) is 3.44. The van der Waals surface area contributed by atoms with Gasteiger partial charge in [-0.2, -0.15) is 0 Å². The zero-order chi connectivity index (χ0) is 14.4. The van der Waals surface area contributed by atoms with Crippen LogP contribution in [0.25, 0.3) is 0 Å². The number of hydrogen-bond acceptors (Lipinski definition) is 3. The zero-order valence-corrected chi connectivity index (χ0v) is 11.8. The molecule has 0 saturated heterocycles. The Kier molecular flexibility index (Phi) is 4.84. The van der Waals surface area contributed by atoms with Crippen LogP contribution >= 0.6 is 0 Å². The normalized spacial score (nSPS) is 16.1. The van der Waals surface area contributed by atoms with E-state index >= 15 is 0 Å². The lowest BCUT2D eigenvalue weighted by Crippen LogP contribution is -2.48. The first kappa shape index (κ1) is 14.7. The molecule has 0 radical (unpaired) electrons. The maximum Gasteiger partial charge on any atom is 0.319 e. The number of carbonyl (C=O) groups is 1. The van der Waals surface area contributed by atoms with E-state index in [1.807, 2.05) is 25.1 Å². The Labute approximate surface area is 119 Å². The molecule has 2 rings (SSSR count). The van der Waals surface area contributed by atoms with Crippen molar-refractivity contribution in [3.63, 3.8) is 0 Å². The Morgan fingerprint density at radius 3 is 2.80 bits per heavy atom. The highest BCUT2D eigenvalue weighted by Gasteiger charge is 2.34. The Balaban J connectivity index is 1.86. The van der Waals surface area contributed by atoms with Gasteiger partial charge in [0.2, 0.25) is 0 Å². The zero-order valence-electron chi connectivity index (χ0n) is 11.8. The van der Waals surface area contributed by atoms with Crippen molar-refractivity contribution in [1.82, 2.24) is 5.32 Å². The second-order valence-electron chi connectivity index (χ2n) is 5.23. The van der Waals surface area contributed by atoms with E-state index in [1.165, 1.54) is 0 Å². The number of benzene rings is 1. The van der Waals surface area contributed by atoms with Gasteiger partial charge in [0, 0.05) is 6.54 Å². The van der Waals surface area contributed by atoms with Crippen LogP contribution in [-0.4, -0.2) is 29.9 Å². The monoisotopic (exact) mass is 278 g/mol. The molecule has 1 aliphatic rings. The van der Waals surface area contributed by atoms with Crippen LogP contribution in [0.2, 0.25) is 0 Å². The van der Waals surface area contributed by atoms with Gasteiger partial charge >= 0.3 is 6.03 Å². The van der Waals surface area contributed by atoms with E-state index in [9.17, 15) is 9.90 Å². The molecule has 0 spiro atoms. The minimum atomic E-state index is -0.713. The molecular weight excluding hydrogens is 256 g/mol. The Morgan fingerprint density at radius 2 is 2.15 bits per heavy atom. The standard InChI is InChI=1S/C15H22N2O3/c1-2-10-20-13-7-4-3-6-12(13)17-14(18)16-11-15(19)8-5-9-15/h3-4,6-7,19H,2,5,8-11H2,1H3,(H2,16,17,18). The minimum absolute atomic E-state index is 0.289. The summed E-state index contributed by atoms with van der Waals surface area (Å²) in [6, 6.07) is 7.00. The summed E-state index contributed by atoms with van der Waals surface area (Å²) >= 11 is 0. The molecule has 0 aromatic heterocycles. The van der Waals surface area contributed by atoms with E-state index in [0.717, 1.165) is 25.7 Å². The van der Waals surface area contributed by atoms with Crippen LogP contribution in [0.1, 0.15) is 32.6 Å². The van der Waals surface area contributed by atoms with Crippen LogP contribution in [0.4, 0.5) is 10.5 Å². The molecule has 1 aromatic rings. The Bertz CT molecular complexity index is 458. The molecule has 3 N–H and O–H groups in total.